The van der Waals surface area contributed by atoms with Crippen LogP contribution in [0.2, 0.25) is 0 Å². The second kappa shape index (κ2) is 8.67. The highest BCUT2D eigenvalue weighted by molar-refractivity contribution is 5.54. The molecule has 1 fully saturated rings. The molecule has 1 atom stereocenters. The Kier molecular flexibility index (Phi) is 5.84. The first-order valence-corrected chi connectivity index (χ1v) is 9.80. The fourth-order valence-electron chi connectivity index (χ4n) is 3.90. The minimum Gasteiger partial charge on any atom is -0.493 e. The second-order valence-corrected chi connectivity index (χ2v) is 7.08. The average molecular weight is 372 g/mol. The Morgan fingerprint density at radius 2 is 2.00 bits per heavy atom. The first kappa shape index (κ1) is 18.2. The van der Waals surface area contributed by atoms with Gasteiger partial charge in [0, 0.05) is 13.1 Å². The molecular formula is C21H28N2O4. The van der Waals surface area contributed by atoms with Gasteiger partial charge in [-0.05, 0) is 55.8 Å². The van der Waals surface area contributed by atoms with Crippen molar-refractivity contribution < 1.29 is 18.6 Å². The second-order valence-electron chi connectivity index (χ2n) is 7.08. The van der Waals surface area contributed by atoms with E-state index in [1.54, 1.807) is 13.4 Å². The highest BCUT2D eigenvalue weighted by Gasteiger charge is 2.24. The summed E-state index contributed by atoms with van der Waals surface area (Å²) in [6, 6.07) is 8.36. The Labute approximate surface area is 160 Å². The molecule has 3 heterocycles. The summed E-state index contributed by atoms with van der Waals surface area (Å²) in [6.45, 7) is 4.96. The highest BCUT2D eigenvalue weighted by Crippen LogP contribution is 2.40. The van der Waals surface area contributed by atoms with Crippen LogP contribution in [0.25, 0.3) is 0 Å². The lowest BCUT2D eigenvalue weighted by Gasteiger charge is -2.33. The predicted octanol–water partition coefficient (Wildman–Crippen LogP) is 3.38. The monoisotopic (exact) mass is 372 g/mol. The smallest absolute Gasteiger partial charge is 0.203 e. The Balaban J connectivity index is 1.43. The molecule has 0 radical (unpaired) electrons. The van der Waals surface area contributed by atoms with Crippen molar-refractivity contribution in [1.29, 1.82) is 0 Å². The minimum absolute atomic E-state index is 0.263. The van der Waals surface area contributed by atoms with Crippen LogP contribution < -0.4 is 19.5 Å². The molecule has 1 aromatic carbocycles. The van der Waals surface area contributed by atoms with E-state index >= 15 is 0 Å². The van der Waals surface area contributed by atoms with E-state index in [0.29, 0.717) is 19.0 Å². The lowest BCUT2D eigenvalue weighted by Crippen LogP contribution is -2.38. The summed E-state index contributed by atoms with van der Waals surface area (Å²) in [5, 5.41) is 3.59. The molecule has 1 unspecified atom stereocenters. The summed E-state index contributed by atoms with van der Waals surface area (Å²) >= 11 is 0. The van der Waals surface area contributed by atoms with Crippen molar-refractivity contribution in [3.05, 3.63) is 41.9 Å². The number of hydrogen-bond donors (Lipinski definition) is 1. The third kappa shape index (κ3) is 4.22. The summed E-state index contributed by atoms with van der Waals surface area (Å²) < 4.78 is 22.6. The van der Waals surface area contributed by atoms with E-state index < -0.39 is 0 Å². The summed E-state index contributed by atoms with van der Waals surface area (Å²) in [5.74, 6) is 3.22. The predicted molar refractivity (Wildman–Crippen MR) is 103 cm³/mol. The standard InChI is InChI=1S/C21H28N2O4/c1-24-19-12-16(13-20-21(19)27-11-10-26-20)14-22-15-17(18-6-5-9-25-18)23-7-3-2-4-8-23/h5-6,9,12-13,17,22H,2-4,7-8,10-11,14-15H2,1H3. The molecule has 0 saturated carbocycles. The maximum atomic E-state index is 5.73. The van der Waals surface area contributed by atoms with Crippen LogP contribution in [0.3, 0.4) is 0 Å². The van der Waals surface area contributed by atoms with Crippen molar-refractivity contribution >= 4 is 0 Å². The van der Waals surface area contributed by atoms with E-state index in [4.69, 9.17) is 18.6 Å². The number of fused-ring (bicyclic) bond motifs is 1. The molecule has 1 saturated heterocycles. The van der Waals surface area contributed by atoms with Crippen LogP contribution in [0, 0.1) is 0 Å². The van der Waals surface area contributed by atoms with E-state index in [9.17, 15) is 0 Å². The van der Waals surface area contributed by atoms with Crippen LogP contribution in [0.1, 0.15) is 36.6 Å². The van der Waals surface area contributed by atoms with Crippen molar-refractivity contribution in [2.75, 3.05) is 40.0 Å². The van der Waals surface area contributed by atoms with Crippen molar-refractivity contribution in [3.63, 3.8) is 0 Å². The van der Waals surface area contributed by atoms with Crippen molar-refractivity contribution in [1.82, 2.24) is 10.2 Å². The minimum atomic E-state index is 0.263. The Hall–Kier alpha value is -2.18. The van der Waals surface area contributed by atoms with Gasteiger partial charge in [0.1, 0.15) is 19.0 Å². The molecule has 1 N–H and O–H groups in total. The van der Waals surface area contributed by atoms with Gasteiger partial charge in [-0.1, -0.05) is 6.42 Å². The van der Waals surface area contributed by atoms with Gasteiger partial charge in [-0.2, -0.15) is 0 Å². The Morgan fingerprint density at radius 1 is 1.15 bits per heavy atom. The van der Waals surface area contributed by atoms with Gasteiger partial charge in [0.05, 0.1) is 19.4 Å². The van der Waals surface area contributed by atoms with Gasteiger partial charge >= 0.3 is 0 Å². The number of benzene rings is 1. The molecule has 2 aromatic rings. The fourth-order valence-corrected chi connectivity index (χ4v) is 3.90. The lowest BCUT2D eigenvalue weighted by atomic mass is 10.1. The average Bonchev–Trinajstić information content (AvgIpc) is 3.25. The van der Waals surface area contributed by atoms with Gasteiger partial charge in [-0.25, -0.2) is 0 Å². The van der Waals surface area contributed by atoms with Crippen LogP contribution in [0.5, 0.6) is 17.2 Å². The summed E-state index contributed by atoms with van der Waals surface area (Å²) in [4.78, 5) is 2.53. The molecule has 2 aliphatic rings. The van der Waals surface area contributed by atoms with Crippen molar-refractivity contribution in [2.24, 2.45) is 0 Å². The van der Waals surface area contributed by atoms with Gasteiger partial charge < -0.3 is 23.9 Å². The molecule has 0 aliphatic carbocycles. The quantitative estimate of drug-likeness (QED) is 0.804. The van der Waals surface area contributed by atoms with E-state index in [2.05, 4.69) is 16.3 Å². The molecule has 6 nitrogen and oxygen atoms in total. The first-order chi connectivity index (χ1) is 13.3. The number of methoxy groups -OCH3 is 1. The molecular weight excluding hydrogens is 344 g/mol. The van der Waals surface area contributed by atoms with E-state index in [-0.39, 0.29) is 6.04 Å². The molecule has 146 valence electrons. The highest BCUT2D eigenvalue weighted by atomic mass is 16.6. The molecule has 1 aromatic heterocycles. The van der Waals surface area contributed by atoms with Gasteiger partial charge in [0.15, 0.2) is 11.5 Å². The van der Waals surface area contributed by atoms with Gasteiger partial charge in [0.2, 0.25) is 5.75 Å². The summed E-state index contributed by atoms with van der Waals surface area (Å²) in [5.41, 5.74) is 1.12. The van der Waals surface area contributed by atoms with Crippen LogP contribution in [-0.2, 0) is 6.54 Å². The molecule has 0 bridgehead atoms. The van der Waals surface area contributed by atoms with E-state index in [0.717, 1.165) is 49.0 Å². The van der Waals surface area contributed by atoms with Gasteiger partial charge in [0.25, 0.3) is 0 Å². The number of ether oxygens (including phenoxy) is 3. The number of furan rings is 1. The molecule has 27 heavy (non-hydrogen) atoms. The molecule has 2 aliphatic heterocycles. The number of rotatable bonds is 7. The molecule has 0 spiro atoms. The molecule has 4 rings (SSSR count). The number of nitrogens with one attached hydrogen (secondary N) is 1. The van der Waals surface area contributed by atoms with E-state index in [1.165, 1.54) is 19.3 Å². The summed E-state index contributed by atoms with van der Waals surface area (Å²) in [6.07, 6.45) is 5.61. The van der Waals surface area contributed by atoms with Crippen LogP contribution in [0.4, 0.5) is 0 Å². The molecule has 6 heteroatoms. The normalized spacial score (nSPS) is 18.3. The zero-order valence-electron chi connectivity index (χ0n) is 15.9. The summed E-state index contributed by atoms with van der Waals surface area (Å²) in [7, 11) is 1.66. The van der Waals surface area contributed by atoms with Crippen LogP contribution >= 0.6 is 0 Å². The topological polar surface area (TPSA) is 56.1 Å². The van der Waals surface area contributed by atoms with Crippen molar-refractivity contribution in [3.8, 4) is 17.2 Å². The van der Waals surface area contributed by atoms with Gasteiger partial charge in [-0.3, -0.25) is 4.90 Å². The van der Waals surface area contributed by atoms with Crippen LogP contribution in [0.15, 0.2) is 34.9 Å². The SMILES string of the molecule is COc1cc(CNCC(c2ccco2)N2CCCCC2)cc2c1OCCO2. The zero-order valence-corrected chi connectivity index (χ0v) is 15.9. The number of hydrogen-bond acceptors (Lipinski definition) is 6. The van der Waals surface area contributed by atoms with Crippen LogP contribution in [-0.4, -0.2) is 44.9 Å². The maximum Gasteiger partial charge on any atom is 0.203 e. The number of piperidine rings is 1. The third-order valence-corrected chi connectivity index (χ3v) is 5.26. The largest absolute Gasteiger partial charge is 0.493 e. The zero-order chi connectivity index (χ0) is 18.5. The third-order valence-electron chi connectivity index (χ3n) is 5.26. The maximum absolute atomic E-state index is 5.73. The van der Waals surface area contributed by atoms with E-state index in [1.807, 2.05) is 18.2 Å². The lowest BCUT2D eigenvalue weighted by molar-refractivity contribution is 0.142. The first-order valence-electron chi connectivity index (χ1n) is 9.80. The fraction of sp³-hybridized carbons (Fsp3) is 0.524. The number of likely N-dealkylation sites (tertiary alicyclic amines) is 1. The Bertz CT molecular complexity index is 709. The Morgan fingerprint density at radius 3 is 2.78 bits per heavy atom. The molecule has 0 amide bonds. The van der Waals surface area contributed by atoms with Gasteiger partial charge in [-0.15, -0.1) is 0 Å². The number of nitrogens with zero attached hydrogens (tertiary/aromatic N) is 1. The van der Waals surface area contributed by atoms with Crippen molar-refractivity contribution in [2.45, 2.75) is 31.8 Å².